The maximum Gasteiger partial charge on any atom is 0.253 e. The Morgan fingerprint density at radius 2 is 1.47 bits per heavy atom. The normalized spacial score (nSPS) is 21.5. The van der Waals surface area contributed by atoms with Crippen molar-refractivity contribution in [2.45, 2.75) is 43.1 Å². The van der Waals surface area contributed by atoms with Gasteiger partial charge in [-0.3, -0.25) is 4.79 Å². The molecule has 0 aromatic heterocycles. The zero-order valence-corrected chi connectivity index (χ0v) is 23.8. The van der Waals surface area contributed by atoms with Crippen molar-refractivity contribution in [1.29, 1.82) is 0 Å². The molecule has 1 atom stereocenters. The minimum Gasteiger partial charge on any atom is -0.385 e. The second kappa shape index (κ2) is 12.4. The van der Waals surface area contributed by atoms with Crippen molar-refractivity contribution in [2.24, 2.45) is 0 Å². The van der Waals surface area contributed by atoms with E-state index in [1.807, 2.05) is 77.7 Å². The molecule has 1 amide bonds. The highest BCUT2D eigenvalue weighted by molar-refractivity contribution is 6.42. The molecule has 0 radical (unpaired) electrons. The quantitative estimate of drug-likeness (QED) is 0.347. The lowest BCUT2D eigenvalue weighted by Gasteiger charge is -2.45. The SMILES string of the molecule is Cl.O=C(c1ccccc1)N1CCCC(CCN2CCC(O)(c3ccccc3)CC2)(c2ccc(Cl)c(Cl)c2)C1. The molecule has 202 valence electrons. The van der Waals surface area contributed by atoms with Crippen LogP contribution in [-0.4, -0.2) is 53.5 Å². The van der Waals surface area contributed by atoms with Gasteiger partial charge in [-0.1, -0.05) is 77.8 Å². The van der Waals surface area contributed by atoms with Gasteiger partial charge in [0.1, 0.15) is 0 Å². The highest BCUT2D eigenvalue weighted by atomic mass is 35.5. The Labute approximate surface area is 242 Å². The molecule has 2 fully saturated rings. The Hall–Kier alpha value is -2.08. The molecule has 0 aliphatic carbocycles. The lowest BCUT2D eigenvalue weighted by atomic mass is 9.71. The first kappa shape index (κ1) is 28.9. The van der Waals surface area contributed by atoms with E-state index in [0.29, 0.717) is 16.6 Å². The van der Waals surface area contributed by atoms with Crippen LogP contribution >= 0.6 is 35.6 Å². The van der Waals surface area contributed by atoms with Gasteiger partial charge in [-0.2, -0.15) is 0 Å². The first-order valence-corrected chi connectivity index (χ1v) is 13.9. The number of rotatable bonds is 6. The van der Waals surface area contributed by atoms with Crippen LogP contribution in [0.15, 0.2) is 78.9 Å². The van der Waals surface area contributed by atoms with Crippen molar-refractivity contribution < 1.29 is 9.90 Å². The van der Waals surface area contributed by atoms with E-state index < -0.39 is 5.60 Å². The van der Waals surface area contributed by atoms with Gasteiger partial charge >= 0.3 is 0 Å². The number of aliphatic hydroxyl groups is 1. The summed E-state index contributed by atoms with van der Waals surface area (Å²) in [5.41, 5.74) is 1.91. The zero-order valence-electron chi connectivity index (χ0n) is 21.5. The van der Waals surface area contributed by atoms with E-state index >= 15 is 0 Å². The number of nitrogens with zero attached hydrogens (tertiary/aromatic N) is 2. The fourth-order valence-corrected chi connectivity index (χ4v) is 6.33. The highest BCUT2D eigenvalue weighted by Gasteiger charge is 2.40. The van der Waals surface area contributed by atoms with E-state index in [1.54, 1.807) is 0 Å². The lowest BCUT2D eigenvalue weighted by Crippen LogP contribution is -2.50. The third-order valence-electron chi connectivity index (χ3n) is 8.32. The number of hydrogen-bond donors (Lipinski definition) is 1. The van der Waals surface area contributed by atoms with Gasteiger partial charge in [0.25, 0.3) is 5.91 Å². The molecule has 2 saturated heterocycles. The summed E-state index contributed by atoms with van der Waals surface area (Å²) in [7, 11) is 0. The van der Waals surface area contributed by atoms with Crippen molar-refractivity contribution in [3.05, 3.63) is 106 Å². The van der Waals surface area contributed by atoms with Gasteiger partial charge in [0, 0.05) is 37.2 Å². The maximum absolute atomic E-state index is 13.4. The second-order valence-corrected chi connectivity index (χ2v) is 11.4. The summed E-state index contributed by atoms with van der Waals surface area (Å²) >= 11 is 12.7. The van der Waals surface area contributed by atoms with Crippen LogP contribution in [0.5, 0.6) is 0 Å². The van der Waals surface area contributed by atoms with E-state index in [0.717, 1.165) is 75.0 Å². The summed E-state index contributed by atoms with van der Waals surface area (Å²) < 4.78 is 0. The minimum atomic E-state index is -0.761. The van der Waals surface area contributed by atoms with Crippen molar-refractivity contribution >= 4 is 41.5 Å². The first-order valence-electron chi connectivity index (χ1n) is 13.2. The monoisotopic (exact) mass is 572 g/mol. The molecule has 2 heterocycles. The number of hydrogen-bond acceptors (Lipinski definition) is 3. The summed E-state index contributed by atoms with van der Waals surface area (Å²) in [6.07, 6.45) is 4.27. The molecule has 5 rings (SSSR count). The number of piperidine rings is 2. The van der Waals surface area contributed by atoms with Gasteiger partial charge in [-0.25, -0.2) is 0 Å². The predicted molar refractivity (Wildman–Crippen MR) is 158 cm³/mol. The van der Waals surface area contributed by atoms with Gasteiger partial charge in [-0.05, 0) is 74.0 Å². The highest BCUT2D eigenvalue weighted by Crippen LogP contribution is 2.41. The Morgan fingerprint density at radius 3 is 2.13 bits per heavy atom. The van der Waals surface area contributed by atoms with Crippen LogP contribution in [0.2, 0.25) is 10.0 Å². The van der Waals surface area contributed by atoms with Crippen LogP contribution in [0.3, 0.4) is 0 Å². The Kier molecular flexibility index (Phi) is 9.44. The molecule has 0 spiro atoms. The number of likely N-dealkylation sites (tertiary alicyclic amines) is 2. The minimum absolute atomic E-state index is 0. The fourth-order valence-electron chi connectivity index (χ4n) is 6.03. The van der Waals surface area contributed by atoms with Gasteiger partial charge in [0.2, 0.25) is 0 Å². The number of amides is 1. The maximum atomic E-state index is 13.4. The number of carbonyl (C=O) groups is 1. The Bertz CT molecular complexity index is 1220. The molecule has 2 aliphatic heterocycles. The van der Waals surface area contributed by atoms with Crippen LogP contribution in [0.25, 0.3) is 0 Å². The van der Waals surface area contributed by atoms with E-state index in [2.05, 4.69) is 11.0 Å². The second-order valence-electron chi connectivity index (χ2n) is 10.6. The molecule has 0 bridgehead atoms. The van der Waals surface area contributed by atoms with Crippen molar-refractivity contribution in [2.75, 3.05) is 32.7 Å². The molecular weight excluding hydrogens is 539 g/mol. The van der Waals surface area contributed by atoms with Gasteiger partial charge in [0.05, 0.1) is 15.6 Å². The van der Waals surface area contributed by atoms with E-state index in [1.165, 1.54) is 0 Å². The smallest absolute Gasteiger partial charge is 0.253 e. The average Bonchev–Trinajstić information content (AvgIpc) is 2.95. The molecule has 38 heavy (non-hydrogen) atoms. The zero-order chi connectivity index (χ0) is 25.9. The first-order chi connectivity index (χ1) is 17.9. The van der Waals surface area contributed by atoms with Crippen LogP contribution in [0.4, 0.5) is 0 Å². The summed E-state index contributed by atoms with van der Waals surface area (Å²) in [6.45, 7) is 3.99. The Morgan fingerprint density at radius 1 is 0.816 bits per heavy atom. The summed E-state index contributed by atoms with van der Waals surface area (Å²) in [5.74, 6) is 0.0793. The van der Waals surface area contributed by atoms with Crippen LogP contribution in [-0.2, 0) is 11.0 Å². The number of halogens is 3. The predicted octanol–water partition coefficient (Wildman–Crippen LogP) is 6.96. The summed E-state index contributed by atoms with van der Waals surface area (Å²) in [4.78, 5) is 17.9. The Balaban J connectivity index is 0.00000336. The third-order valence-corrected chi connectivity index (χ3v) is 9.06. The number of carbonyl (C=O) groups excluding carboxylic acids is 1. The molecule has 4 nitrogen and oxygen atoms in total. The van der Waals surface area contributed by atoms with Crippen LogP contribution < -0.4 is 0 Å². The van der Waals surface area contributed by atoms with Gasteiger partial charge in [0.15, 0.2) is 0 Å². The van der Waals surface area contributed by atoms with Crippen LogP contribution in [0, 0.1) is 0 Å². The van der Waals surface area contributed by atoms with E-state index in [4.69, 9.17) is 23.2 Å². The topological polar surface area (TPSA) is 43.8 Å². The van der Waals surface area contributed by atoms with E-state index in [-0.39, 0.29) is 23.7 Å². The lowest BCUT2D eigenvalue weighted by molar-refractivity contribution is -0.0279. The third kappa shape index (κ3) is 6.21. The van der Waals surface area contributed by atoms with E-state index in [9.17, 15) is 9.90 Å². The van der Waals surface area contributed by atoms with Crippen molar-refractivity contribution in [3.8, 4) is 0 Å². The number of benzene rings is 3. The van der Waals surface area contributed by atoms with Crippen molar-refractivity contribution in [3.63, 3.8) is 0 Å². The van der Waals surface area contributed by atoms with Crippen molar-refractivity contribution in [1.82, 2.24) is 9.80 Å². The van der Waals surface area contributed by atoms with Gasteiger partial charge in [-0.15, -0.1) is 12.4 Å². The molecule has 1 N–H and O–H groups in total. The molecule has 7 heteroatoms. The summed E-state index contributed by atoms with van der Waals surface area (Å²) in [5, 5.41) is 12.4. The van der Waals surface area contributed by atoms with Crippen LogP contribution in [0.1, 0.15) is 53.6 Å². The molecule has 1 unspecified atom stereocenters. The molecule has 3 aromatic carbocycles. The molecular formula is C31H35Cl3N2O2. The molecule has 3 aromatic rings. The fraction of sp³-hybridized carbons (Fsp3) is 0.387. The summed E-state index contributed by atoms with van der Waals surface area (Å²) in [6, 6.07) is 25.5. The average molecular weight is 574 g/mol. The standard InChI is InChI=1S/C31H34Cl2N2O2.ClH/c32-27-13-12-26(22-28(27)33)30(14-7-18-35(23-30)29(36)24-8-3-1-4-9-24)15-19-34-20-16-31(37,17-21-34)25-10-5-2-6-11-25;/h1-6,8-13,22,37H,7,14-21,23H2;1H. The molecule has 0 saturated carbocycles. The molecule has 2 aliphatic rings. The largest absolute Gasteiger partial charge is 0.385 e. The van der Waals surface area contributed by atoms with Gasteiger partial charge < -0.3 is 14.9 Å².